The molecule has 0 aliphatic carbocycles. The largest absolute Gasteiger partial charge is 0.384 e. The van der Waals surface area contributed by atoms with E-state index in [2.05, 4.69) is 4.72 Å². The molecule has 0 aromatic carbocycles. The van der Waals surface area contributed by atoms with Crippen LogP contribution in [0, 0.1) is 0 Å². The van der Waals surface area contributed by atoms with Gasteiger partial charge < -0.3 is 9.47 Å². The van der Waals surface area contributed by atoms with E-state index in [1.54, 1.807) is 0 Å². The Hall–Kier alpha value is 0.120. The lowest BCUT2D eigenvalue weighted by Gasteiger charge is -2.16. The summed E-state index contributed by atoms with van der Waals surface area (Å²) in [7, 11) is -0.323. The van der Waals surface area contributed by atoms with E-state index in [-0.39, 0.29) is 18.4 Å². The maximum absolute atomic E-state index is 11.5. The van der Waals surface area contributed by atoms with E-state index in [0.29, 0.717) is 18.9 Å². The number of halogens is 1. The lowest BCUT2D eigenvalue weighted by atomic mass is 10.3. The SMILES string of the molecule is COCCS(=O)(=O)NC(CCCl)COC. The van der Waals surface area contributed by atoms with Crippen LogP contribution in [0.1, 0.15) is 6.42 Å². The van der Waals surface area contributed by atoms with E-state index in [4.69, 9.17) is 21.1 Å². The molecule has 1 N–H and O–H groups in total. The quantitative estimate of drug-likeness (QED) is 0.601. The summed E-state index contributed by atoms with van der Waals surface area (Å²) >= 11 is 5.55. The molecule has 0 bridgehead atoms. The molecule has 0 saturated heterocycles. The van der Waals surface area contributed by atoms with Crippen molar-refractivity contribution in [2.24, 2.45) is 0 Å². The number of nitrogens with one attached hydrogen (secondary N) is 1. The van der Waals surface area contributed by atoms with Crippen LogP contribution in [0.3, 0.4) is 0 Å². The summed E-state index contributed by atoms with van der Waals surface area (Å²) in [6.45, 7) is 0.495. The first-order valence-corrected chi connectivity index (χ1v) is 6.78. The van der Waals surface area contributed by atoms with Gasteiger partial charge in [0.05, 0.1) is 19.0 Å². The highest BCUT2D eigenvalue weighted by Gasteiger charge is 2.16. The number of methoxy groups -OCH3 is 2. The van der Waals surface area contributed by atoms with Gasteiger partial charge in [0.2, 0.25) is 10.0 Å². The first-order valence-electron chi connectivity index (χ1n) is 4.59. The van der Waals surface area contributed by atoms with Crippen molar-refractivity contribution in [2.75, 3.05) is 39.1 Å². The molecule has 0 aromatic rings. The maximum Gasteiger partial charge on any atom is 0.214 e. The minimum Gasteiger partial charge on any atom is -0.384 e. The zero-order valence-electron chi connectivity index (χ0n) is 9.03. The van der Waals surface area contributed by atoms with Gasteiger partial charge in [0.15, 0.2) is 0 Å². The third-order valence-electron chi connectivity index (χ3n) is 1.73. The molecule has 0 aliphatic heterocycles. The Balaban J connectivity index is 4.12. The number of rotatable bonds is 9. The fourth-order valence-corrected chi connectivity index (χ4v) is 2.48. The average Bonchev–Trinajstić information content (AvgIpc) is 2.15. The Labute approximate surface area is 96.1 Å². The average molecular weight is 260 g/mol. The molecule has 1 atom stereocenters. The Kier molecular flexibility index (Phi) is 8.36. The molecule has 0 heterocycles. The monoisotopic (exact) mass is 259 g/mol. The van der Waals surface area contributed by atoms with Gasteiger partial charge in [0.25, 0.3) is 0 Å². The summed E-state index contributed by atoms with van der Waals surface area (Å²) in [5.74, 6) is 0.340. The van der Waals surface area contributed by atoms with Crippen molar-refractivity contribution in [3.8, 4) is 0 Å². The van der Waals surface area contributed by atoms with Crippen LogP contribution in [0.5, 0.6) is 0 Å². The number of ether oxygens (including phenoxy) is 2. The van der Waals surface area contributed by atoms with Crippen LogP contribution >= 0.6 is 11.6 Å². The van der Waals surface area contributed by atoms with E-state index >= 15 is 0 Å². The molecular formula is C8H18ClNO4S. The van der Waals surface area contributed by atoms with E-state index in [0.717, 1.165) is 0 Å². The topological polar surface area (TPSA) is 64.6 Å². The minimum atomic E-state index is -3.30. The molecule has 1 unspecified atom stereocenters. The predicted octanol–water partition coefficient (Wildman–Crippen LogP) is 0.196. The van der Waals surface area contributed by atoms with Crippen LogP contribution in [0.25, 0.3) is 0 Å². The highest BCUT2D eigenvalue weighted by Crippen LogP contribution is 1.98. The van der Waals surface area contributed by atoms with E-state index in [1.807, 2.05) is 0 Å². The second-order valence-corrected chi connectivity index (χ2v) is 5.31. The van der Waals surface area contributed by atoms with E-state index < -0.39 is 10.0 Å². The van der Waals surface area contributed by atoms with Crippen LogP contribution in [0.2, 0.25) is 0 Å². The molecule has 0 aliphatic rings. The highest BCUT2D eigenvalue weighted by molar-refractivity contribution is 7.89. The van der Waals surface area contributed by atoms with Crippen LogP contribution in [-0.4, -0.2) is 53.5 Å². The molecule has 92 valence electrons. The third kappa shape index (κ3) is 7.98. The molecule has 0 spiro atoms. The van der Waals surface area contributed by atoms with Gasteiger partial charge in [0.1, 0.15) is 0 Å². The van der Waals surface area contributed by atoms with Crippen molar-refractivity contribution in [2.45, 2.75) is 12.5 Å². The van der Waals surface area contributed by atoms with Crippen molar-refractivity contribution >= 4 is 21.6 Å². The highest BCUT2D eigenvalue weighted by atomic mass is 35.5. The minimum absolute atomic E-state index is 0.0496. The molecule has 5 nitrogen and oxygen atoms in total. The molecular weight excluding hydrogens is 242 g/mol. The Morgan fingerprint density at radius 3 is 2.47 bits per heavy atom. The summed E-state index contributed by atoms with van der Waals surface area (Å²) < 4.78 is 35.0. The van der Waals surface area contributed by atoms with E-state index in [9.17, 15) is 8.42 Å². The Morgan fingerprint density at radius 2 is 2.00 bits per heavy atom. The van der Waals surface area contributed by atoms with Crippen molar-refractivity contribution in [3.05, 3.63) is 0 Å². The summed E-state index contributed by atoms with van der Waals surface area (Å²) in [5, 5.41) is 0. The van der Waals surface area contributed by atoms with Gasteiger partial charge in [-0.1, -0.05) is 0 Å². The molecule has 0 aromatic heterocycles. The lowest BCUT2D eigenvalue weighted by molar-refractivity contribution is 0.173. The van der Waals surface area contributed by atoms with Gasteiger partial charge in [0, 0.05) is 26.1 Å². The van der Waals surface area contributed by atoms with Crippen molar-refractivity contribution in [3.63, 3.8) is 0 Å². The molecule has 0 radical (unpaired) electrons. The number of sulfonamides is 1. The second kappa shape index (κ2) is 8.29. The first-order chi connectivity index (χ1) is 7.05. The van der Waals surface area contributed by atoms with Gasteiger partial charge in [-0.05, 0) is 6.42 Å². The normalized spacial score (nSPS) is 14.1. The summed E-state index contributed by atoms with van der Waals surface area (Å²) in [5.41, 5.74) is 0. The Morgan fingerprint density at radius 1 is 1.33 bits per heavy atom. The van der Waals surface area contributed by atoms with Gasteiger partial charge in [-0.15, -0.1) is 11.6 Å². The third-order valence-corrected chi connectivity index (χ3v) is 3.34. The fourth-order valence-electron chi connectivity index (χ4n) is 1.02. The van der Waals surface area contributed by atoms with Gasteiger partial charge in [-0.25, -0.2) is 13.1 Å². The first kappa shape index (κ1) is 15.1. The van der Waals surface area contributed by atoms with Crippen molar-refractivity contribution < 1.29 is 17.9 Å². The molecule has 7 heteroatoms. The van der Waals surface area contributed by atoms with Gasteiger partial charge in [-0.3, -0.25) is 0 Å². The summed E-state index contributed by atoms with van der Waals surface area (Å²) in [6, 6.07) is -0.269. The molecule has 0 amide bonds. The van der Waals surface area contributed by atoms with Crippen molar-refractivity contribution in [1.82, 2.24) is 4.72 Å². The van der Waals surface area contributed by atoms with Gasteiger partial charge in [-0.2, -0.15) is 0 Å². The zero-order chi connectivity index (χ0) is 11.7. The second-order valence-electron chi connectivity index (χ2n) is 3.06. The van der Waals surface area contributed by atoms with Crippen LogP contribution < -0.4 is 4.72 Å². The lowest BCUT2D eigenvalue weighted by Crippen LogP contribution is -2.40. The smallest absolute Gasteiger partial charge is 0.214 e. The molecule has 0 rings (SSSR count). The Bertz CT molecular complexity index is 239. The van der Waals surface area contributed by atoms with Crippen LogP contribution in [0.4, 0.5) is 0 Å². The molecule has 0 fully saturated rings. The molecule has 15 heavy (non-hydrogen) atoms. The van der Waals surface area contributed by atoms with Crippen LogP contribution in [-0.2, 0) is 19.5 Å². The predicted molar refractivity (Wildman–Crippen MR) is 59.8 cm³/mol. The number of hydrogen-bond donors (Lipinski definition) is 1. The van der Waals surface area contributed by atoms with Gasteiger partial charge >= 0.3 is 0 Å². The number of hydrogen-bond acceptors (Lipinski definition) is 4. The fraction of sp³-hybridized carbons (Fsp3) is 1.00. The summed E-state index contributed by atoms with van der Waals surface area (Å²) in [4.78, 5) is 0. The standard InChI is InChI=1S/C8H18ClNO4S/c1-13-5-6-15(11,12)10-8(3-4-9)7-14-2/h8,10H,3-7H2,1-2H3. The number of alkyl halides is 1. The van der Waals surface area contributed by atoms with Crippen molar-refractivity contribution in [1.29, 1.82) is 0 Å². The summed E-state index contributed by atoms with van der Waals surface area (Å²) in [6.07, 6.45) is 0.543. The van der Waals surface area contributed by atoms with E-state index in [1.165, 1.54) is 14.2 Å². The maximum atomic E-state index is 11.5. The molecule has 0 saturated carbocycles. The van der Waals surface area contributed by atoms with Crippen LogP contribution in [0.15, 0.2) is 0 Å². The zero-order valence-corrected chi connectivity index (χ0v) is 10.6.